The zero-order chi connectivity index (χ0) is 12.3. The number of carbonyl (C=O) groups is 2. The van der Waals surface area contributed by atoms with Gasteiger partial charge in [-0.15, -0.1) is 0 Å². The van der Waals surface area contributed by atoms with Gasteiger partial charge in [0.15, 0.2) is 0 Å². The van der Waals surface area contributed by atoms with Crippen molar-refractivity contribution in [2.24, 2.45) is 11.7 Å². The van der Waals surface area contributed by atoms with Crippen molar-refractivity contribution in [3.63, 3.8) is 0 Å². The van der Waals surface area contributed by atoms with Gasteiger partial charge in [0.25, 0.3) is 0 Å². The molecule has 16 heavy (non-hydrogen) atoms. The van der Waals surface area contributed by atoms with Crippen LogP contribution in [0.25, 0.3) is 0 Å². The number of nitrogens with zero attached hydrogens (tertiary/aromatic N) is 1. The van der Waals surface area contributed by atoms with Crippen LogP contribution in [-0.2, 0) is 9.59 Å². The lowest BCUT2D eigenvalue weighted by Crippen LogP contribution is -2.45. The minimum absolute atomic E-state index is 0.0896. The number of aliphatic carboxylic acids is 1. The van der Waals surface area contributed by atoms with Gasteiger partial charge in [0, 0.05) is 19.5 Å². The van der Waals surface area contributed by atoms with Crippen molar-refractivity contribution in [1.29, 1.82) is 0 Å². The smallest absolute Gasteiger partial charge is 0.326 e. The molecule has 1 saturated heterocycles. The van der Waals surface area contributed by atoms with Crippen molar-refractivity contribution in [3.05, 3.63) is 0 Å². The Morgan fingerprint density at radius 2 is 2.19 bits per heavy atom. The molecular formula is C10H18N2O4. The quantitative estimate of drug-likeness (QED) is 0.575. The molecule has 3 atom stereocenters. The lowest BCUT2D eigenvalue weighted by molar-refractivity contribution is -0.149. The Morgan fingerprint density at radius 3 is 2.62 bits per heavy atom. The molecule has 0 aliphatic carbocycles. The number of carbonyl (C=O) groups excluding carboxylic acids is 1. The molecule has 92 valence electrons. The first-order valence-corrected chi connectivity index (χ1v) is 5.42. The van der Waals surface area contributed by atoms with Crippen molar-refractivity contribution in [3.8, 4) is 0 Å². The molecule has 1 aliphatic heterocycles. The summed E-state index contributed by atoms with van der Waals surface area (Å²) < 4.78 is 0. The molecule has 0 aromatic carbocycles. The van der Waals surface area contributed by atoms with Gasteiger partial charge in [0.05, 0.1) is 12.0 Å². The Labute approximate surface area is 94.0 Å². The summed E-state index contributed by atoms with van der Waals surface area (Å²) in [5.74, 6) is -1.70. The number of carboxylic acids is 1. The number of β-amino-alcohol motifs (C(OH)–C–C–N with tert-alkyl or cyclic N) is 1. The minimum Gasteiger partial charge on any atom is -0.480 e. The highest BCUT2D eigenvalue weighted by atomic mass is 16.4. The number of hydrogen-bond donors (Lipinski definition) is 3. The van der Waals surface area contributed by atoms with Gasteiger partial charge in [0.2, 0.25) is 5.91 Å². The number of likely N-dealkylation sites (tertiary alicyclic amines) is 1. The van der Waals surface area contributed by atoms with Gasteiger partial charge in [-0.2, -0.15) is 0 Å². The summed E-state index contributed by atoms with van der Waals surface area (Å²) in [6.07, 6.45) is -0.0728. The van der Waals surface area contributed by atoms with Crippen LogP contribution in [0.1, 0.15) is 19.8 Å². The molecule has 6 heteroatoms. The molecule has 0 spiro atoms. The van der Waals surface area contributed by atoms with E-state index in [0.29, 0.717) is 6.42 Å². The van der Waals surface area contributed by atoms with E-state index in [1.54, 1.807) is 0 Å². The first-order valence-electron chi connectivity index (χ1n) is 5.42. The molecule has 1 aliphatic rings. The summed E-state index contributed by atoms with van der Waals surface area (Å²) in [5.41, 5.74) is 5.45. The molecule has 4 N–H and O–H groups in total. The zero-order valence-electron chi connectivity index (χ0n) is 9.30. The van der Waals surface area contributed by atoms with Crippen LogP contribution in [0.15, 0.2) is 0 Å². The lowest BCUT2D eigenvalue weighted by Gasteiger charge is -2.25. The highest BCUT2D eigenvalue weighted by Crippen LogP contribution is 2.21. The Kier molecular flexibility index (Phi) is 4.26. The molecule has 1 rings (SSSR count). The fraction of sp³-hybridized carbons (Fsp3) is 0.800. The summed E-state index contributed by atoms with van der Waals surface area (Å²) in [6, 6.07) is -0.914. The lowest BCUT2D eigenvalue weighted by atomic mass is 10.0. The molecule has 1 amide bonds. The number of aliphatic hydroxyl groups excluding tert-OH is 1. The third kappa shape index (κ3) is 2.51. The number of aliphatic hydroxyl groups is 1. The summed E-state index contributed by atoms with van der Waals surface area (Å²) >= 11 is 0. The fourth-order valence-electron chi connectivity index (χ4n) is 1.97. The highest BCUT2D eigenvalue weighted by Gasteiger charge is 2.40. The largest absolute Gasteiger partial charge is 0.480 e. The number of carboxylic acid groups (broad SMARTS) is 1. The van der Waals surface area contributed by atoms with Crippen LogP contribution < -0.4 is 5.73 Å². The van der Waals surface area contributed by atoms with Crippen LogP contribution in [0.3, 0.4) is 0 Å². The number of hydrogen-bond acceptors (Lipinski definition) is 4. The van der Waals surface area contributed by atoms with E-state index in [2.05, 4.69) is 0 Å². The van der Waals surface area contributed by atoms with E-state index in [9.17, 15) is 14.7 Å². The molecular weight excluding hydrogens is 212 g/mol. The van der Waals surface area contributed by atoms with Gasteiger partial charge in [-0.1, -0.05) is 6.92 Å². The van der Waals surface area contributed by atoms with Crippen molar-refractivity contribution in [2.45, 2.75) is 31.9 Å². The van der Waals surface area contributed by atoms with Crippen molar-refractivity contribution in [1.82, 2.24) is 4.90 Å². The highest BCUT2D eigenvalue weighted by molar-refractivity contribution is 5.86. The maximum absolute atomic E-state index is 11.9. The Balaban J connectivity index is 2.77. The maximum atomic E-state index is 11.9. The van der Waals surface area contributed by atoms with Crippen LogP contribution in [0, 0.1) is 5.92 Å². The summed E-state index contributed by atoms with van der Waals surface area (Å²) in [5, 5.41) is 18.3. The van der Waals surface area contributed by atoms with E-state index >= 15 is 0 Å². The van der Waals surface area contributed by atoms with Crippen molar-refractivity contribution in [2.75, 3.05) is 13.1 Å². The van der Waals surface area contributed by atoms with Gasteiger partial charge < -0.3 is 20.8 Å². The van der Waals surface area contributed by atoms with E-state index in [-0.39, 0.29) is 31.3 Å². The van der Waals surface area contributed by atoms with E-state index in [4.69, 9.17) is 10.8 Å². The standard InChI is InChI=1S/C10H18N2O4/c1-2-6(4-11)9(14)12-5-7(13)3-8(12)10(15)16/h6-8,13H,2-5,11H2,1H3,(H,15,16)/t6?,7-,8+/m1/s1. The van der Waals surface area contributed by atoms with E-state index in [1.807, 2.05) is 6.92 Å². The van der Waals surface area contributed by atoms with Gasteiger partial charge in [0.1, 0.15) is 6.04 Å². The SMILES string of the molecule is CCC(CN)C(=O)N1C[C@H](O)C[C@H]1C(=O)O. The van der Waals surface area contributed by atoms with Gasteiger partial charge in [-0.25, -0.2) is 4.79 Å². The van der Waals surface area contributed by atoms with Gasteiger partial charge in [-0.3, -0.25) is 4.79 Å². The second-order valence-electron chi connectivity index (χ2n) is 4.08. The molecule has 0 aromatic rings. The first kappa shape index (κ1) is 12.9. The second-order valence-corrected chi connectivity index (χ2v) is 4.08. The van der Waals surface area contributed by atoms with Crippen LogP contribution >= 0.6 is 0 Å². The molecule has 1 fully saturated rings. The Bertz CT molecular complexity index is 278. The topological polar surface area (TPSA) is 104 Å². The molecule has 0 radical (unpaired) electrons. The van der Waals surface area contributed by atoms with E-state index < -0.39 is 18.1 Å². The Hall–Kier alpha value is -1.14. The van der Waals surface area contributed by atoms with E-state index in [1.165, 1.54) is 4.90 Å². The molecule has 0 aromatic heterocycles. The molecule has 1 heterocycles. The predicted octanol–water partition coefficient (Wildman–Crippen LogP) is -0.982. The average Bonchev–Trinajstić information content (AvgIpc) is 2.62. The molecule has 0 bridgehead atoms. The van der Waals surface area contributed by atoms with Crippen LogP contribution in [0.2, 0.25) is 0 Å². The first-order chi connectivity index (χ1) is 7.51. The summed E-state index contributed by atoms with van der Waals surface area (Å²) in [4.78, 5) is 24.1. The fourth-order valence-corrected chi connectivity index (χ4v) is 1.97. The van der Waals surface area contributed by atoms with Crippen molar-refractivity contribution < 1.29 is 19.8 Å². The maximum Gasteiger partial charge on any atom is 0.326 e. The van der Waals surface area contributed by atoms with E-state index in [0.717, 1.165) is 0 Å². The Morgan fingerprint density at radius 1 is 1.56 bits per heavy atom. The molecule has 6 nitrogen and oxygen atoms in total. The summed E-state index contributed by atoms with van der Waals surface area (Å²) in [7, 11) is 0. The molecule has 0 saturated carbocycles. The summed E-state index contributed by atoms with van der Waals surface area (Å²) in [6.45, 7) is 2.12. The second kappa shape index (κ2) is 5.27. The number of nitrogens with two attached hydrogens (primary N) is 1. The van der Waals surface area contributed by atoms with Gasteiger partial charge >= 0.3 is 5.97 Å². The zero-order valence-corrected chi connectivity index (χ0v) is 9.30. The molecule has 1 unspecified atom stereocenters. The van der Waals surface area contributed by atoms with Crippen LogP contribution in [0.5, 0.6) is 0 Å². The predicted molar refractivity (Wildman–Crippen MR) is 56.6 cm³/mol. The monoisotopic (exact) mass is 230 g/mol. The average molecular weight is 230 g/mol. The minimum atomic E-state index is -1.07. The number of amides is 1. The van der Waals surface area contributed by atoms with Crippen LogP contribution in [0.4, 0.5) is 0 Å². The normalized spacial score (nSPS) is 26.8. The van der Waals surface area contributed by atoms with Crippen LogP contribution in [-0.4, -0.2) is 52.2 Å². The number of rotatable bonds is 4. The van der Waals surface area contributed by atoms with Crippen molar-refractivity contribution >= 4 is 11.9 Å². The third-order valence-electron chi connectivity index (χ3n) is 2.97. The van der Waals surface area contributed by atoms with Gasteiger partial charge in [-0.05, 0) is 6.42 Å². The third-order valence-corrected chi connectivity index (χ3v) is 2.97.